The van der Waals surface area contributed by atoms with Crippen LogP contribution in [0.3, 0.4) is 0 Å². The summed E-state index contributed by atoms with van der Waals surface area (Å²) in [6.07, 6.45) is 6.72. The molecule has 1 saturated heterocycles. The predicted molar refractivity (Wildman–Crippen MR) is 69.4 cm³/mol. The number of aliphatic hydroxyl groups excluding tert-OH is 1. The van der Waals surface area contributed by atoms with E-state index >= 15 is 0 Å². The number of allylic oxidation sites excluding steroid dienone is 1. The highest BCUT2D eigenvalue weighted by atomic mass is 16.3. The van der Waals surface area contributed by atoms with Gasteiger partial charge in [-0.3, -0.25) is 4.90 Å². The van der Waals surface area contributed by atoms with Crippen molar-refractivity contribution in [3.8, 4) is 0 Å². The van der Waals surface area contributed by atoms with Gasteiger partial charge in [-0.25, -0.2) is 0 Å². The quantitative estimate of drug-likeness (QED) is 0.727. The lowest BCUT2D eigenvalue weighted by Gasteiger charge is -2.25. The molecule has 1 aliphatic rings. The summed E-state index contributed by atoms with van der Waals surface area (Å²) < 4.78 is 0. The maximum atomic E-state index is 9.60. The first-order valence-electron chi connectivity index (χ1n) is 6.52. The van der Waals surface area contributed by atoms with Gasteiger partial charge >= 0.3 is 0 Å². The number of nitrogens with zero attached hydrogens (tertiary/aromatic N) is 1. The number of hydrogen-bond donors (Lipinski definition) is 1. The van der Waals surface area contributed by atoms with E-state index in [1.807, 2.05) is 0 Å². The van der Waals surface area contributed by atoms with Gasteiger partial charge in [-0.15, -0.1) is 0 Å². The molecule has 16 heavy (non-hydrogen) atoms. The van der Waals surface area contributed by atoms with E-state index in [0.717, 1.165) is 25.9 Å². The molecule has 1 fully saturated rings. The first-order chi connectivity index (χ1) is 7.49. The Bertz CT molecular complexity index is 235. The van der Waals surface area contributed by atoms with Crippen molar-refractivity contribution in [2.45, 2.75) is 46.6 Å². The molecule has 0 bridgehead atoms. The second kappa shape index (κ2) is 5.83. The minimum Gasteiger partial charge on any atom is -0.395 e. The van der Waals surface area contributed by atoms with E-state index in [1.54, 1.807) is 0 Å². The normalized spacial score (nSPS) is 27.7. The Morgan fingerprint density at radius 1 is 1.31 bits per heavy atom. The lowest BCUT2D eigenvalue weighted by molar-refractivity contribution is 0.160. The van der Waals surface area contributed by atoms with Crippen molar-refractivity contribution in [3.63, 3.8) is 0 Å². The Morgan fingerprint density at radius 3 is 2.44 bits per heavy atom. The highest BCUT2D eigenvalue weighted by molar-refractivity contribution is 5.05. The van der Waals surface area contributed by atoms with Crippen LogP contribution in [0.2, 0.25) is 0 Å². The van der Waals surface area contributed by atoms with Gasteiger partial charge in [-0.1, -0.05) is 26.0 Å². The lowest BCUT2D eigenvalue weighted by Crippen LogP contribution is -2.32. The number of rotatable bonds is 5. The lowest BCUT2D eigenvalue weighted by atomic mass is 9.87. The molecule has 2 heteroatoms. The average Bonchev–Trinajstić information content (AvgIpc) is 2.63. The third kappa shape index (κ3) is 3.60. The van der Waals surface area contributed by atoms with Crippen molar-refractivity contribution in [2.24, 2.45) is 11.3 Å². The summed E-state index contributed by atoms with van der Waals surface area (Å²) in [7, 11) is 0. The first-order valence-corrected chi connectivity index (χ1v) is 6.52. The molecule has 94 valence electrons. The van der Waals surface area contributed by atoms with Crippen LogP contribution in [0, 0.1) is 11.3 Å². The van der Waals surface area contributed by atoms with E-state index in [-0.39, 0.29) is 12.0 Å². The van der Waals surface area contributed by atoms with Gasteiger partial charge in [0.05, 0.1) is 6.61 Å². The summed E-state index contributed by atoms with van der Waals surface area (Å²) >= 11 is 0. The second-order valence-corrected chi connectivity index (χ2v) is 5.87. The van der Waals surface area contributed by atoms with Crippen molar-refractivity contribution in [1.29, 1.82) is 0 Å². The molecule has 0 radical (unpaired) electrons. The van der Waals surface area contributed by atoms with Crippen molar-refractivity contribution >= 4 is 0 Å². The molecular formula is C14H27NO. The van der Waals surface area contributed by atoms with E-state index in [1.165, 1.54) is 0 Å². The van der Waals surface area contributed by atoms with Crippen molar-refractivity contribution in [2.75, 3.05) is 19.7 Å². The molecule has 1 aliphatic heterocycles. The van der Waals surface area contributed by atoms with Crippen LogP contribution in [0.4, 0.5) is 0 Å². The van der Waals surface area contributed by atoms with E-state index in [2.05, 4.69) is 44.7 Å². The molecule has 1 atom stereocenters. The Balaban J connectivity index is 2.56. The van der Waals surface area contributed by atoms with E-state index in [0.29, 0.717) is 12.0 Å². The minimum absolute atomic E-state index is 0.0269. The summed E-state index contributed by atoms with van der Waals surface area (Å²) in [6.45, 7) is 11.3. The summed E-state index contributed by atoms with van der Waals surface area (Å²) in [6, 6.07) is 0.590. The summed E-state index contributed by atoms with van der Waals surface area (Å²) in [4.78, 5) is 2.45. The molecule has 0 aromatic rings. The zero-order valence-corrected chi connectivity index (χ0v) is 11.2. The molecule has 1 unspecified atom stereocenters. The maximum Gasteiger partial charge on any atom is 0.0534 e. The molecule has 1 heterocycles. The molecular weight excluding hydrogens is 198 g/mol. The second-order valence-electron chi connectivity index (χ2n) is 5.87. The van der Waals surface area contributed by atoms with Crippen molar-refractivity contribution in [3.05, 3.63) is 12.2 Å². The Hall–Kier alpha value is -0.340. The molecule has 1 rings (SSSR count). The van der Waals surface area contributed by atoms with Crippen LogP contribution in [0.15, 0.2) is 12.2 Å². The van der Waals surface area contributed by atoms with Gasteiger partial charge in [-0.05, 0) is 39.2 Å². The zero-order chi connectivity index (χ0) is 12.2. The monoisotopic (exact) mass is 225 g/mol. The molecule has 2 nitrogen and oxygen atoms in total. The maximum absolute atomic E-state index is 9.60. The van der Waals surface area contributed by atoms with Gasteiger partial charge in [0.1, 0.15) is 0 Å². The molecule has 0 aromatic carbocycles. The van der Waals surface area contributed by atoms with Gasteiger partial charge in [0.2, 0.25) is 0 Å². The number of aliphatic hydroxyl groups is 1. The van der Waals surface area contributed by atoms with E-state index < -0.39 is 0 Å². The van der Waals surface area contributed by atoms with Crippen molar-refractivity contribution < 1.29 is 5.11 Å². The molecule has 0 spiro atoms. The minimum atomic E-state index is 0.0269. The van der Waals surface area contributed by atoms with Crippen molar-refractivity contribution in [1.82, 2.24) is 4.90 Å². The van der Waals surface area contributed by atoms with Crippen LogP contribution in [0.5, 0.6) is 0 Å². The summed E-state index contributed by atoms with van der Waals surface area (Å²) in [5, 5.41) is 9.60. The van der Waals surface area contributed by atoms with Crippen LogP contribution in [0.25, 0.3) is 0 Å². The molecule has 0 aromatic heterocycles. The largest absolute Gasteiger partial charge is 0.395 e. The highest BCUT2D eigenvalue weighted by Crippen LogP contribution is 2.32. The third-order valence-corrected chi connectivity index (χ3v) is 3.54. The predicted octanol–water partition coefficient (Wildman–Crippen LogP) is 2.68. The topological polar surface area (TPSA) is 23.5 Å². The number of hydrogen-bond acceptors (Lipinski definition) is 2. The highest BCUT2D eigenvalue weighted by Gasteiger charge is 2.35. The fourth-order valence-electron chi connectivity index (χ4n) is 2.28. The fraction of sp³-hybridized carbons (Fsp3) is 0.857. The molecule has 1 N–H and O–H groups in total. The summed E-state index contributed by atoms with van der Waals surface area (Å²) in [5.41, 5.74) is 0.0269. The third-order valence-electron chi connectivity index (χ3n) is 3.54. The van der Waals surface area contributed by atoms with Gasteiger partial charge < -0.3 is 5.11 Å². The SMILES string of the molecule is CC(C)C/C=C/C1(CO)CCN(C(C)C)C1. The average molecular weight is 225 g/mol. The van der Waals surface area contributed by atoms with Gasteiger partial charge in [-0.2, -0.15) is 0 Å². The van der Waals surface area contributed by atoms with E-state index in [9.17, 15) is 5.11 Å². The molecule has 0 saturated carbocycles. The Morgan fingerprint density at radius 2 is 2.00 bits per heavy atom. The molecule has 0 amide bonds. The number of likely N-dealkylation sites (tertiary alicyclic amines) is 1. The Kier molecular flexibility index (Phi) is 5.00. The van der Waals surface area contributed by atoms with Gasteiger partial charge in [0.15, 0.2) is 0 Å². The smallest absolute Gasteiger partial charge is 0.0534 e. The van der Waals surface area contributed by atoms with Gasteiger partial charge in [0, 0.05) is 18.0 Å². The van der Waals surface area contributed by atoms with Crippen LogP contribution in [-0.2, 0) is 0 Å². The first kappa shape index (κ1) is 13.7. The van der Waals surface area contributed by atoms with Crippen LogP contribution in [0.1, 0.15) is 40.5 Å². The fourth-order valence-corrected chi connectivity index (χ4v) is 2.28. The van der Waals surface area contributed by atoms with Crippen LogP contribution >= 0.6 is 0 Å². The summed E-state index contributed by atoms with van der Waals surface area (Å²) in [5.74, 6) is 0.703. The molecule has 0 aliphatic carbocycles. The van der Waals surface area contributed by atoms with Crippen LogP contribution < -0.4 is 0 Å². The standard InChI is InChI=1S/C14H27NO/c1-12(2)6-5-7-14(11-16)8-9-15(10-14)13(3)4/h5,7,12-13,16H,6,8-11H2,1-4H3/b7-5+. The van der Waals surface area contributed by atoms with Gasteiger partial charge in [0.25, 0.3) is 0 Å². The Labute approximate surface area is 100 Å². The zero-order valence-electron chi connectivity index (χ0n) is 11.2. The van der Waals surface area contributed by atoms with E-state index in [4.69, 9.17) is 0 Å². The van der Waals surface area contributed by atoms with Crippen LogP contribution in [-0.4, -0.2) is 35.7 Å².